The standard InChI is InChI=1S/C14H28N2O3S/c1-2-3-12(6-8-15)4-5-14(17)16-10-13-7-9-20(18,19)11-13/h12-13H,2-11,15H2,1H3,(H,16,17). The molecule has 0 aromatic carbocycles. The zero-order chi connectivity index (χ0) is 15.0. The van der Waals surface area contributed by atoms with Crippen molar-refractivity contribution in [3.8, 4) is 0 Å². The normalized spacial score (nSPS) is 22.6. The fraction of sp³-hybridized carbons (Fsp3) is 0.929. The van der Waals surface area contributed by atoms with Crippen molar-refractivity contribution in [2.75, 3.05) is 24.6 Å². The molecule has 20 heavy (non-hydrogen) atoms. The summed E-state index contributed by atoms with van der Waals surface area (Å²) in [5.74, 6) is 1.15. The fourth-order valence-electron chi connectivity index (χ4n) is 2.79. The smallest absolute Gasteiger partial charge is 0.220 e. The van der Waals surface area contributed by atoms with E-state index in [4.69, 9.17) is 5.73 Å². The van der Waals surface area contributed by atoms with E-state index in [0.29, 0.717) is 31.8 Å². The number of carbonyl (C=O) groups is 1. The molecule has 5 nitrogen and oxygen atoms in total. The molecule has 6 heteroatoms. The molecule has 1 heterocycles. The quantitative estimate of drug-likeness (QED) is 0.667. The second-order valence-electron chi connectivity index (χ2n) is 5.84. The van der Waals surface area contributed by atoms with Gasteiger partial charge in [-0.2, -0.15) is 0 Å². The maximum absolute atomic E-state index is 11.8. The third-order valence-corrected chi connectivity index (χ3v) is 5.80. The Labute approximate surface area is 122 Å². The van der Waals surface area contributed by atoms with Gasteiger partial charge in [-0.05, 0) is 37.6 Å². The summed E-state index contributed by atoms with van der Waals surface area (Å²) in [7, 11) is -2.85. The van der Waals surface area contributed by atoms with Crippen molar-refractivity contribution >= 4 is 15.7 Å². The summed E-state index contributed by atoms with van der Waals surface area (Å²) in [4.78, 5) is 11.8. The lowest BCUT2D eigenvalue weighted by Gasteiger charge is -2.15. The van der Waals surface area contributed by atoms with Gasteiger partial charge in [-0.15, -0.1) is 0 Å². The Balaban J connectivity index is 2.19. The first-order valence-electron chi connectivity index (χ1n) is 7.64. The summed E-state index contributed by atoms with van der Waals surface area (Å²) < 4.78 is 22.6. The molecular weight excluding hydrogens is 276 g/mol. The third kappa shape index (κ3) is 6.70. The molecule has 2 unspecified atom stereocenters. The summed E-state index contributed by atoms with van der Waals surface area (Å²) in [5.41, 5.74) is 5.58. The summed E-state index contributed by atoms with van der Waals surface area (Å²) in [6, 6.07) is 0. The first-order chi connectivity index (χ1) is 9.46. The van der Waals surface area contributed by atoms with Crippen LogP contribution in [-0.2, 0) is 14.6 Å². The Morgan fingerprint density at radius 2 is 2.10 bits per heavy atom. The van der Waals surface area contributed by atoms with Gasteiger partial charge in [0.1, 0.15) is 0 Å². The Kier molecular flexibility index (Phi) is 7.51. The van der Waals surface area contributed by atoms with Crippen molar-refractivity contribution in [2.45, 2.75) is 45.4 Å². The van der Waals surface area contributed by atoms with E-state index in [0.717, 1.165) is 25.7 Å². The number of nitrogens with one attached hydrogen (secondary N) is 1. The minimum Gasteiger partial charge on any atom is -0.356 e. The summed E-state index contributed by atoms with van der Waals surface area (Å²) in [5, 5.41) is 2.87. The van der Waals surface area contributed by atoms with Crippen molar-refractivity contribution in [1.82, 2.24) is 5.32 Å². The SMILES string of the molecule is CCCC(CCN)CCC(=O)NCC1CCS(=O)(=O)C1. The molecule has 0 bridgehead atoms. The number of hydrogen-bond acceptors (Lipinski definition) is 4. The largest absolute Gasteiger partial charge is 0.356 e. The Bertz CT molecular complexity index is 389. The van der Waals surface area contributed by atoms with Crippen LogP contribution in [0.1, 0.15) is 45.4 Å². The predicted octanol–water partition coefficient (Wildman–Crippen LogP) is 1.08. The number of hydrogen-bond donors (Lipinski definition) is 2. The van der Waals surface area contributed by atoms with Gasteiger partial charge in [0.2, 0.25) is 5.91 Å². The fourth-order valence-corrected chi connectivity index (χ4v) is 4.65. The van der Waals surface area contributed by atoms with E-state index in [-0.39, 0.29) is 23.3 Å². The van der Waals surface area contributed by atoms with Crippen LogP contribution in [0, 0.1) is 11.8 Å². The molecule has 3 N–H and O–H groups in total. The van der Waals surface area contributed by atoms with Gasteiger partial charge < -0.3 is 11.1 Å². The first kappa shape index (κ1) is 17.4. The monoisotopic (exact) mass is 304 g/mol. The summed E-state index contributed by atoms with van der Waals surface area (Å²) in [6.45, 7) is 3.31. The van der Waals surface area contributed by atoms with E-state index in [1.807, 2.05) is 0 Å². The second kappa shape index (κ2) is 8.62. The third-order valence-electron chi connectivity index (χ3n) is 3.97. The van der Waals surface area contributed by atoms with E-state index in [1.165, 1.54) is 0 Å². The first-order valence-corrected chi connectivity index (χ1v) is 9.46. The van der Waals surface area contributed by atoms with Crippen molar-refractivity contribution in [3.63, 3.8) is 0 Å². The van der Waals surface area contributed by atoms with Crippen LogP contribution in [0.15, 0.2) is 0 Å². The second-order valence-corrected chi connectivity index (χ2v) is 8.07. The number of rotatable bonds is 9. The molecule has 1 rings (SSSR count). The summed E-state index contributed by atoms with van der Waals surface area (Å²) >= 11 is 0. The van der Waals surface area contributed by atoms with Crippen LogP contribution in [0.4, 0.5) is 0 Å². The van der Waals surface area contributed by atoms with Crippen LogP contribution >= 0.6 is 0 Å². The lowest BCUT2D eigenvalue weighted by molar-refractivity contribution is -0.121. The highest BCUT2D eigenvalue weighted by Crippen LogP contribution is 2.18. The van der Waals surface area contributed by atoms with Gasteiger partial charge in [-0.25, -0.2) is 8.42 Å². The molecule has 0 radical (unpaired) electrons. The van der Waals surface area contributed by atoms with Gasteiger partial charge in [0.15, 0.2) is 9.84 Å². The highest BCUT2D eigenvalue weighted by atomic mass is 32.2. The van der Waals surface area contributed by atoms with Gasteiger partial charge in [-0.1, -0.05) is 19.8 Å². The van der Waals surface area contributed by atoms with Gasteiger partial charge in [-0.3, -0.25) is 4.79 Å². The van der Waals surface area contributed by atoms with Gasteiger partial charge in [0.05, 0.1) is 11.5 Å². The van der Waals surface area contributed by atoms with Crippen LogP contribution in [-0.4, -0.2) is 38.9 Å². The number of amides is 1. The van der Waals surface area contributed by atoms with Crippen molar-refractivity contribution < 1.29 is 13.2 Å². The molecule has 1 aliphatic heterocycles. The van der Waals surface area contributed by atoms with Crippen LogP contribution in [0.3, 0.4) is 0 Å². The number of carbonyl (C=O) groups excluding carboxylic acids is 1. The molecular formula is C14H28N2O3S. The summed E-state index contributed by atoms with van der Waals surface area (Å²) in [6.07, 6.45) is 5.28. The maximum Gasteiger partial charge on any atom is 0.220 e. The molecule has 1 saturated heterocycles. The minimum absolute atomic E-state index is 0.0347. The van der Waals surface area contributed by atoms with Crippen molar-refractivity contribution in [2.24, 2.45) is 17.6 Å². The van der Waals surface area contributed by atoms with Crippen molar-refractivity contribution in [1.29, 1.82) is 0 Å². The molecule has 0 aromatic heterocycles. The molecule has 1 aliphatic rings. The van der Waals surface area contributed by atoms with E-state index < -0.39 is 9.84 Å². The molecule has 0 aromatic rings. The van der Waals surface area contributed by atoms with Gasteiger partial charge in [0, 0.05) is 13.0 Å². The lowest BCUT2D eigenvalue weighted by Crippen LogP contribution is -2.30. The van der Waals surface area contributed by atoms with E-state index in [9.17, 15) is 13.2 Å². The number of nitrogens with two attached hydrogens (primary N) is 1. The average Bonchev–Trinajstić information content (AvgIpc) is 2.74. The molecule has 1 fully saturated rings. The molecule has 0 aliphatic carbocycles. The van der Waals surface area contributed by atoms with Crippen LogP contribution in [0.25, 0.3) is 0 Å². The zero-order valence-electron chi connectivity index (χ0n) is 12.4. The van der Waals surface area contributed by atoms with E-state index >= 15 is 0 Å². The molecule has 0 spiro atoms. The lowest BCUT2D eigenvalue weighted by atomic mass is 9.94. The minimum atomic E-state index is -2.85. The Hall–Kier alpha value is -0.620. The average molecular weight is 304 g/mol. The molecule has 1 amide bonds. The maximum atomic E-state index is 11.8. The zero-order valence-corrected chi connectivity index (χ0v) is 13.3. The van der Waals surface area contributed by atoms with E-state index in [1.54, 1.807) is 0 Å². The topological polar surface area (TPSA) is 89.3 Å². The highest BCUT2D eigenvalue weighted by molar-refractivity contribution is 7.91. The molecule has 2 atom stereocenters. The highest BCUT2D eigenvalue weighted by Gasteiger charge is 2.27. The van der Waals surface area contributed by atoms with Crippen LogP contribution in [0.2, 0.25) is 0 Å². The Morgan fingerprint density at radius 1 is 1.35 bits per heavy atom. The Morgan fingerprint density at radius 3 is 2.65 bits per heavy atom. The molecule has 0 saturated carbocycles. The van der Waals surface area contributed by atoms with Crippen LogP contribution in [0.5, 0.6) is 0 Å². The van der Waals surface area contributed by atoms with E-state index in [2.05, 4.69) is 12.2 Å². The number of sulfone groups is 1. The van der Waals surface area contributed by atoms with Gasteiger partial charge in [0.25, 0.3) is 0 Å². The molecule has 118 valence electrons. The van der Waals surface area contributed by atoms with Crippen molar-refractivity contribution in [3.05, 3.63) is 0 Å². The van der Waals surface area contributed by atoms with Crippen LogP contribution < -0.4 is 11.1 Å². The van der Waals surface area contributed by atoms with Gasteiger partial charge >= 0.3 is 0 Å². The predicted molar refractivity (Wildman–Crippen MR) is 81.1 cm³/mol.